The van der Waals surface area contributed by atoms with Gasteiger partial charge in [0.2, 0.25) is 0 Å². The van der Waals surface area contributed by atoms with Crippen LogP contribution in [-0.2, 0) is 5.41 Å². The Balaban J connectivity index is 1.54. The number of nitrogens with one attached hydrogen (secondary N) is 1. The van der Waals surface area contributed by atoms with Gasteiger partial charge in [-0.1, -0.05) is 63.3 Å². The standard InChI is InChI=1S/C27H28N2O/c1-5-30-23-15-11-21(12-16-23)26-28-24-17-10-20(18-25(24)29-26)7-6-19-8-13-22(14-9-19)27(2,3)4/h6-18H,5H2,1-4H3,(H,28,29). The zero-order chi connectivity index (χ0) is 21.1. The van der Waals surface area contributed by atoms with E-state index in [0.29, 0.717) is 6.61 Å². The molecule has 0 amide bonds. The van der Waals surface area contributed by atoms with E-state index in [0.717, 1.165) is 33.7 Å². The number of rotatable bonds is 5. The first-order chi connectivity index (χ1) is 14.4. The van der Waals surface area contributed by atoms with Gasteiger partial charge in [0.25, 0.3) is 0 Å². The van der Waals surface area contributed by atoms with E-state index < -0.39 is 0 Å². The number of hydrogen-bond acceptors (Lipinski definition) is 2. The van der Waals surface area contributed by atoms with E-state index in [1.165, 1.54) is 11.1 Å². The molecular formula is C27H28N2O. The van der Waals surface area contributed by atoms with E-state index in [9.17, 15) is 0 Å². The predicted molar refractivity (Wildman–Crippen MR) is 127 cm³/mol. The van der Waals surface area contributed by atoms with E-state index in [1.807, 2.05) is 31.2 Å². The van der Waals surface area contributed by atoms with Crippen LogP contribution in [0, 0.1) is 0 Å². The highest BCUT2D eigenvalue weighted by Crippen LogP contribution is 2.25. The van der Waals surface area contributed by atoms with Gasteiger partial charge in [0, 0.05) is 5.56 Å². The summed E-state index contributed by atoms with van der Waals surface area (Å²) in [5.41, 5.74) is 6.90. The summed E-state index contributed by atoms with van der Waals surface area (Å²) in [5, 5.41) is 0. The molecular weight excluding hydrogens is 368 g/mol. The fourth-order valence-corrected chi connectivity index (χ4v) is 3.43. The van der Waals surface area contributed by atoms with Crippen LogP contribution in [0.4, 0.5) is 0 Å². The number of benzene rings is 3. The van der Waals surface area contributed by atoms with Crippen molar-refractivity contribution in [3.63, 3.8) is 0 Å². The summed E-state index contributed by atoms with van der Waals surface area (Å²) < 4.78 is 5.52. The van der Waals surface area contributed by atoms with Crippen molar-refractivity contribution in [2.45, 2.75) is 33.1 Å². The third-order valence-electron chi connectivity index (χ3n) is 5.19. The van der Waals surface area contributed by atoms with Crippen molar-refractivity contribution in [3.05, 3.63) is 83.4 Å². The monoisotopic (exact) mass is 396 g/mol. The molecule has 0 unspecified atom stereocenters. The first kappa shape index (κ1) is 20.0. The second kappa shape index (κ2) is 8.19. The lowest BCUT2D eigenvalue weighted by Gasteiger charge is -2.18. The maximum Gasteiger partial charge on any atom is 0.138 e. The Labute approximate surface area is 178 Å². The molecule has 3 nitrogen and oxygen atoms in total. The molecule has 0 fully saturated rings. The molecule has 152 valence electrons. The SMILES string of the molecule is CCOc1ccc(-c2nc3ccc(C=Cc4ccc(C(C)(C)C)cc4)cc3[nH]2)cc1. The van der Waals surface area contributed by atoms with Crippen molar-refractivity contribution in [1.82, 2.24) is 9.97 Å². The first-order valence-corrected chi connectivity index (χ1v) is 10.4. The Bertz CT molecular complexity index is 1160. The van der Waals surface area contributed by atoms with Crippen molar-refractivity contribution in [1.29, 1.82) is 0 Å². The van der Waals surface area contributed by atoms with Crippen molar-refractivity contribution in [3.8, 4) is 17.1 Å². The minimum Gasteiger partial charge on any atom is -0.494 e. The smallest absolute Gasteiger partial charge is 0.138 e. The summed E-state index contributed by atoms with van der Waals surface area (Å²) in [4.78, 5) is 8.17. The third kappa shape index (κ3) is 4.46. The summed E-state index contributed by atoms with van der Waals surface area (Å²) >= 11 is 0. The van der Waals surface area contributed by atoms with E-state index in [4.69, 9.17) is 9.72 Å². The molecule has 0 aliphatic rings. The molecule has 30 heavy (non-hydrogen) atoms. The van der Waals surface area contributed by atoms with Gasteiger partial charge in [-0.15, -0.1) is 0 Å². The normalized spacial score (nSPS) is 12.0. The van der Waals surface area contributed by atoms with Crippen LogP contribution < -0.4 is 4.74 Å². The van der Waals surface area contributed by atoms with Gasteiger partial charge in [-0.05, 0) is 65.4 Å². The van der Waals surface area contributed by atoms with Crippen molar-refractivity contribution in [2.75, 3.05) is 6.61 Å². The maximum absolute atomic E-state index is 5.52. The number of aromatic nitrogens is 2. The van der Waals surface area contributed by atoms with Crippen LogP contribution in [0.3, 0.4) is 0 Å². The molecule has 0 atom stereocenters. The molecule has 3 aromatic carbocycles. The van der Waals surface area contributed by atoms with Gasteiger partial charge >= 0.3 is 0 Å². The number of hydrogen-bond donors (Lipinski definition) is 1. The quantitative estimate of drug-likeness (QED) is 0.365. The lowest BCUT2D eigenvalue weighted by atomic mass is 9.87. The lowest BCUT2D eigenvalue weighted by Crippen LogP contribution is -2.10. The van der Waals surface area contributed by atoms with Crippen LogP contribution in [0.25, 0.3) is 34.6 Å². The minimum absolute atomic E-state index is 0.176. The van der Waals surface area contributed by atoms with E-state index in [2.05, 4.69) is 80.4 Å². The summed E-state index contributed by atoms with van der Waals surface area (Å²) in [6.07, 6.45) is 4.29. The molecule has 0 aliphatic carbocycles. The fraction of sp³-hybridized carbons (Fsp3) is 0.222. The average Bonchev–Trinajstić information content (AvgIpc) is 3.16. The van der Waals surface area contributed by atoms with Crippen molar-refractivity contribution >= 4 is 23.2 Å². The lowest BCUT2D eigenvalue weighted by molar-refractivity contribution is 0.340. The molecule has 1 N–H and O–H groups in total. The van der Waals surface area contributed by atoms with Crippen LogP contribution in [0.1, 0.15) is 44.4 Å². The second-order valence-electron chi connectivity index (χ2n) is 8.52. The zero-order valence-electron chi connectivity index (χ0n) is 18.1. The molecule has 0 bridgehead atoms. The molecule has 1 heterocycles. The highest BCUT2D eigenvalue weighted by atomic mass is 16.5. The third-order valence-corrected chi connectivity index (χ3v) is 5.19. The molecule has 0 aliphatic heterocycles. The van der Waals surface area contributed by atoms with E-state index in [-0.39, 0.29) is 5.41 Å². The number of ether oxygens (including phenoxy) is 1. The van der Waals surface area contributed by atoms with Crippen LogP contribution in [0.2, 0.25) is 0 Å². The van der Waals surface area contributed by atoms with Gasteiger partial charge in [0.15, 0.2) is 0 Å². The molecule has 4 rings (SSSR count). The second-order valence-corrected chi connectivity index (χ2v) is 8.52. The number of aromatic amines is 1. The minimum atomic E-state index is 0.176. The van der Waals surface area contributed by atoms with Crippen LogP contribution in [-0.4, -0.2) is 16.6 Å². The predicted octanol–water partition coefficient (Wildman–Crippen LogP) is 7.10. The number of imidazole rings is 1. The van der Waals surface area contributed by atoms with Crippen LogP contribution in [0.15, 0.2) is 66.7 Å². The first-order valence-electron chi connectivity index (χ1n) is 10.4. The van der Waals surface area contributed by atoms with Crippen molar-refractivity contribution < 1.29 is 4.74 Å². The highest BCUT2D eigenvalue weighted by molar-refractivity contribution is 5.83. The highest BCUT2D eigenvalue weighted by Gasteiger charge is 2.12. The zero-order valence-corrected chi connectivity index (χ0v) is 18.1. The van der Waals surface area contributed by atoms with Crippen LogP contribution >= 0.6 is 0 Å². The average molecular weight is 397 g/mol. The van der Waals surface area contributed by atoms with Gasteiger partial charge in [-0.3, -0.25) is 0 Å². The maximum atomic E-state index is 5.52. The Morgan fingerprint density at radius 2 is 1.53 bits per heavy atom. The number of fused-ring (bicyclic) bond motifs is 1. The number of nitrogens with zero attached hydrogens (tertiary/aromatic N) is 1. The summed E-state index contributed by atoms with van der Waals surface area (Å²) in [6.45, 7) is 9.36. The summed E-state index contributed by atoms with van der Waals surface area (Å²) in [5.74, 6) is 1.74. The van der Waals surface area contributed by atoms with Gasteiger partial charge in [-0.2, -0.15) is 0 Å². The van der Waals surface area contributed by atoms with Crippen LogP contribution in [0.5, 0.6) is 5.75 Å². The van der Waals surface area contributed by atoms with E-state index >= 15 is 0 Å². The Kier molecular flexibility index (Phi) is 5.45. The largest absolute Gasteiger partial charge is 0.494 e. The Morgan fingerprint density at radius 1 is 0.867 bits per heavy atom. The van der Waals surface area contributed by atoms with Gasteiger partial charge in [0.1, 0.15) is 11.6 Å². The Hall–Kier alpha value is -3.33. The van der Waals surface area contributed by atoms with Crippen molar-refractivity contribution in [2.24, 2.45) is 0 Å². The van der Waals surface area contributed by atoms with E-state index in [1.54, 1.807) is 0 Å². The molecule has 0 saturated heterocycles. The van der Waals surface area contributed by atoms with Gasteiger partial charge < -0.3 is 9.72 Å². The topological polar surface area (TPSA) is 37.9 Å². The molecule has 0 spiro atoms. The molecule has 0 saturated carbocycles. The fourth-order valence-electron chi connectivity index (χ4n) is 3.43. The molecule has 3 heteroatoms. The molecule has 1 aromatic heterocycles. The van der Waals surface area contributed by atoms with Gasteiger partial charge in [0.05, 0.1) is 17.6 Å². The Morgan fingerprint density at radius 3 is 2.20 bits per heavy atom. The molecule has 0 radical (unpaired) electrons. The summed E-state index contributed by atoms with van der Waals surface area (Å²) in [6, 6.07) is 23.1. The van der Waals surface area contributed by atoms with Gasteiger partial charge in [-0.25, -0.2) is 4.98 Å². The number of H-pyrrole nitrogens is 1. The molecule has 4 aromatic rings. The summed E-state index contributed by atoms with van der Waals surface area (Å²) in [7, 11) is 0.